The summed E-state index contributed by atoms with van der Waals surface area (Å²) in [5.74, 6) is 0. The van der Waals surface area contributed by atoms with Crippen LogP contribution < -0.4 is 0 Å². The van der Waals surface area contributed by atoms with Gasteiger partial charge >= 0.3 is 0 Å². The third kappa shape index (κ3) is 16.6. The molecule has 0 aromatic heterocycles. The normalized spacial score (nSPS) is 12.0. The summed E-state index contributed by atoms with van der Waals surface area (Å²) in [6.45, 7) is 27.8. The fourth-order valence-electron chi connectivity index (χ4n) is 2.83. The second-order valence-electron chi connectivity index (χ2n) is 13.4. The zero-order valence-electron chi connectivity index (χ0n) is 26.7. The Morgan fingerprint density at radius 3 is 1.43 bits per heavy atom. The smallest absolute Gasteiger partial charge is 0.191 e. The number of rotatable bonds is 8. The summed E-state index contributed by atoms with van der Waals surface area (Å²) in [7, 11) is -2.96. The van der Waals surface area contributed by atoms with Gasteiger partial charge in [-0.15, -0.1) is 0 Å². The van der Waals surface area contributed by atoms with Crippen molar-refractivity contribution in [3.8, 4) is 0 Å². The van der Waals surface area contributed by atoms with Crippen LogP contribution >= 0.6 is 42.9 Å². The molecule has 0 atom stereocenters. The maximum absolute atomic E-state index is 8.64. The van der Waals surface area contributed by atoms with Crippen LogP contribution in [0.5, 0.6) is 0 Å². The van der Waals surface area contributed by atoms with E-state index < -0.39 is 15.7 Å². The van der Waals surface area contributed by atoms with Crippen molar-refractivity contribution in [2.24, 2.45) is 0 Å². The second-order valence-corrected chi connectivity index (χ2v) is 27.2. The Morgan fingerprint density at radius 1 is 0.750 bits per heavy atom. The van der Waals surface area contributed by atoms with Crippen LogP contribution in [0.1, 0.15) is 84.1 Å². The highest BCUT2D eigenvalue weighted by atomic mass is 79.9. The molecule has 0 heterocycles. The van der Waals surface area contributed by atoms with Gasteiger partial charge in [0.25, 0.3) is 0 Å². The molecule has 0 aliphatic carbocycles. The maximum Gasteiger partial charge on any atom is 0.191 e. The highest BCUT2D eigenvalue weighted by Crippen LogP contribution is 2.38. The molecule has 2 aromatic rings. The van der Waals surface area contributed by atoms with E-state index in [0.29, 0.717) is 10.1 Å². The van der Waals surface area contributed by atoms with Crippen LogP contribution in [-0.4, -0.2) is 34.0 Å². The van der Waals surface area contributed by atoms with Crippen LogP contribution in [0.3, 0.4) is 0 Å². The predicted molar refractivity (Wildman–Crippen MR) is 194 cm³/mol. The van der Waals surface area contributed by atoms with Gasteiger partial charge in [0.1, 0.15) is 0 Å². The van der Waals surface area contributed by atoms with Crippen molar-refractivity contribution in [3.63, 3.8) is 0 Å². The van der Waals surface area contributed by atoms with Gasteiger partial charge in [-0.25, -0.2) is 0 Å². The zero-order chi connectivity index (χ0) is 30.7. The van der Waals surface area contributed by atoms with Crippen LogP contribution in [0.25, 0.3) is 0 Å². The van der Waals surface area contributed by atoms with Crippen LogP contribution in [-0.2, 0) is 17.3 Å². The third-order valence-electron chi connectivity index (χ3n) is 7.73. The summed E-state index contributed by atoms with van der Waals surface area (Å²) in [6, 6.07) is 12.9. The Hall–Kier alpha value is 0.0438. The lowest BCUT2D eigenvalue weighted by atomic mass is 10.1. The molecular weight excluding hydrogens is 680 g/mol. The molecule has 0 aliphatic heterocycles. The summed E-state index contributed by atoms with van der Waals surface area (Å²) < 4.78 is 8.54. The van der Waals surface area contributed by atoms with Gasteiger partial charge in [-0.3, -0.25) is 0 Å². The van der Waals surface area contributed by atoms with Crippen molar-refractivity contribution in [2.45, 2.75) is 125 Å². The highest BCUT2D eigenvalue weighted by Gasteiger charge is 2.36. The van der Waals surface area contributed by atoms with Crippen molar-refractivity contribution < 1.29 is 9.53 Å². The van der Waals surface area contributed by atoms with E-state index in [2.05, 4.69) is 150 Å². The van der Waals surface area contributed by atoms with E-state index >= 15 is 0 Å². The Kier molecular flexibility index (Phi) is 19.7. The minimum absolute atomic E-state index is 0. The Bertz CT molecular complexity index is 979. The minimum atomic E-state index is -1.57. The average Bonchev–Trinajstić information content (AvgIpc) is 2.78. The molecule has 0 saturated carbocycles. The molecule has 0 fully saturated rings. The first-order chi connectivity index (χ1) is 17.6. The lowest BCUT2D eigenvalue weighted by Gasteiger charge is -2.36. The van der Waals surface area contributed by atoms with Gasteiger partial charge in [0.15, 0.2) is 15.7 Å². The molecule has 1 N–H and O–H groups in total. The standard InChI is InChI=1S/C16H27BrOSi.C10H13BrO.C6H15ClSi.CH4/c1-13-12-14(9-10-15(13)17)8-7-11-18-19(5,6)16(2,3)4;1-8-7-9(3-2-6-12)4-5-10(8)11;1-6(2,3)8(4,5)7;/h9-10,12H,7-8,11H2,1-6H3;4-5,7,12H,2-3,6H2,1H3;1-5H3;1H4. The lowest BCUT2D eigenvalue weighted by Crippen LogP contribution is -2.41. The Labute approximate surface area is 272 Å². The molecule has 0 aliphatic rings. The van der Waals surface area contributed by atoms with Crippen LogP contribution in [0.2, 0.25) is 36.3 Å². The van der Waals surface area contributed by atoms with Crippen molar-refractivity contribution in [1.82, 2.24) is 0 Å². The van der Waals surface area contributed by atoms with Gasteiger partial charge in [-0.1, -0.05) is 118 Å². The van der Waals surface area contributed by atoms with E-state index in [1.807, 2.05) is 0 Å². The molecule has 0 unspecified atom stereocenters. The molecule has 232 valence electrons. The molecule has 2 rings (SSSR count). The summed E-state index contributed by atoms with van der Waals surface area (Å²) in [4.78, 5) is 0. The topological polar surface area (TPSA) is 29.5 Å². The SMILES string of the molecule is C.CC(C)(C)[Si](C)(C)Cl.Cc1cc(CCCO)ccc1Br.Cc1cc(CCCO[Si](C)(C)C(C)(C)C)ccc1Br. The molecule has 2 aromatic carbocycles. The van der Waals surface area contributed by atoms with Crippen molar-refractivity contribution in [1.29, 1.82) is 0 Å². The quantitative estimate of drug-likeness (QED) is 0.166. The van der Waals surface area contributed by atoms with Crippen molar-refractivity contribution in [3.05, 3.63) is 67.6 Å². The summed E-state index contributed by atoms with van der Waals surface area (Å²) in [5, 5.41) is 9.29. The van der Waals surface area contributed by atoms with E-state index in [0.717, 1.165) is 36.8 Å². The Morgan fingerprint density at radius 2 is 1.12 bits per heavy atom. The van der Waals surface area contributed by atoms with Crippen LogP contribution in [0.15, 0.2) is 45.3 Å². The molecule has 0 saturated heterocycles. The molecule has 40 heavy (non-hydrogen) atoms. The minimum Gasteiger partial charge on any atom is -0.417 e. The number of aliphatic hydroxyl groups excluding tert-OH is 1. The number of benzene rings is 2. The predicted octanol–water partition coefficient (Wildman–Crippen LogP) is 12.3. The Balaban J connectivity index is 0. The van der Waals surface area contributed by atoms with Crippen molar-refractivity contribution >= 4 is 58.6 Å². The number of halogens is 3. The molecule has 2 nitrogen and oxygen atoms in total. The number of hydrogen-bond acceptors (Lipinski definition) is 2. The van der Waals surface area contributed by atoms with Gasteiger partial charge in [0.05, 0.1) is 0 Å². The highest BCUT2D eigenvalue weighted by molar-refractivity contribution is 9.10. The van der Waals surface area contributed by atoms with Crippen molar-refractivity contribution in [2.75, 3.05) is 13.2 Å². The third-order valence-corrected chi connectivity index (χ3v) is 19.3. The van der Waals surface area contributed by atoms with E-state index in [9.17, 15) is 0 Å². The van der Waals surface area contributed by atoms with E-state index in [4.69, 9.17) is 20.6 Å². The average molecular weight is 739 g/mol. The zero-order valence-corrected chi connectivity index (χ0v) is 32.6. The molecule has 0 radical (unpaired) electrons. The first-order valence-corrected chi connectivity index (χ1v) is 22.6. The molecule has 0 bridgehead atoms. The fraction of sp³-hybridized carbons (Fsp3) is 0.636. The first kappa shape index (κ1) is 42.2. The van der Waals surface area contributed by atoms with E-state index in [1.165, 1.54) is 26.7 Å². The molecule has 7 heteroatoms. The number of aryl methyl sites for hydroxylation is 4. The number of aliphatic hydroxyl groups is 1. The lowest BCUT2D eigenvalue weighted by molar-refractivity contribution is 0.282. The second kappa shape index (κ2) is 18.7. The monoisotopic (exact) mass is 736 g/mol. The fourth-order valence-corrected chi connectivity index (χ4v) is 4.41. The van der Waals surface area contributed by atoms with Gasteiger partial charge in [-0.2, -0.15) is 11.1 Å². The summed E-state index contributed by atoms with van der Waals surface area (Å²) >= 11 is 13.1. The summed E-state index contributed by atoms with van der Waals surface area (Å²) in [6.07, 6.45) is 4.02. The molecule has 0 amide bonds. The van der Waals surface area contributed by atoms with Gasteiger partial charge in [0, 0.05) is 22.2 Å². The maximum atomic E-state index is 8.64. The van der Waals surface area contributed by atoms with Crippen LogP contribution in [0, 0.1) is 13.8 Å². The van der Waals surface area contributed by atoms with E-state index in [-0.39, 0.29) is 14.0 Å². The van der Waals surface area contributed by atoms with Gasteiger partial charge in [-0.05, 0) is 97.1 Å². The van der Waals surface area contributed by atoms with E-state index in [1.54, 1.807) is 0 Å². The molecule has 0 spiro atoms. The first-order valence-electron chi connectivity index (χ1n) is 14.1. The van der Waals surface area contributed by atoms with Gasteiger partial charge < -0.3 is 9.53 Å². The van der Waals surface area contributed by atoms with Crippen LogP contribution in [0.4, 0.5) is 0 Å². The largest absolute Gasteiger partial charge is 0.417 e. The number of hydrogen-bond donors (Lipinski definition) is 1. The summed E-state index contributed by atoms with van der Waals surface area (Å²) in [5.41, 5.74) is 5.26. The molecular formula is C33H59Br2ClO2Si2. The van der Waals surface area contributed by atoms with Gasteiger partial charge in [0.2, 0.25) is 0 Å².